The van der Waals surface area contributed by atoms with Gasteiger partial charge in [0.25, 0.3) is 0 Å². The zero-order chi connectivity index (χ0) is 15.3. The van der Waals surface area contributed by atoms with E-state index in [-0.39, 0.29) is 5.54 Å². The second-order valence-electron chi connectivity index (χ2n) is 8.70. The highest BCUT2D eigenvalue weighted by atomic mass is 15.3. The molecular weight excluding hydrogens is 246 g/mol. The van der Waals surface area contributed by atoms with Gasteiger partial charge in [0, 0.05) is 37.1 Å². The molecule has 3 atom stereocenters. The van der Waals surface area contributed by atoms with Crippen LogP contribution in [-0.2, 0) is 0 Å². The Kier molecular flexibility index (Phi) is 3.96. The van der Waals surface area contributed by atoms with Gasteiger partial charge in [0.1, 0.15) is 5.84 Å². The Morgan fingerprint density at radius 1 is 1.10 bits per heavy atom. The van der Waals surface area contributed by atoms with E-state index in [2.05, 4.69) is 65.3 Å². The van der Waals surface area contributed by atoms with E-state index in [9.17, 15) is 0 Å². The lowest BCUT2D eigenvalue weighted by molar-refractivity contribution is 0.0293. The van der Waals surface area contributed by atoms with Gasteiger partial charge in [-0.15, -0.1) is 0 Å². The molecule has 0 aromatic rings. The SMILES string of the molecule is C[C@@H]1[C@@H](C2=NCCN2C)C[C@@H](C(C)(C)C)N1C(C)(C)C. The number of hydrogen-bond donors (Lipinski definition) is 0. The first-order valence-corrected chi connectivity index (χ1v) is 8.07. The number of nitrogens with zero attached hydrogens (tertiary/aromatic N) is 3. The minimum absolute atomic E-state index is 0.212. The van der Waals surface area contributed by atoms with Crippen LogP contribution in [0.15, 0.2) is 4.99 Å². The molecule has 3 nitrogen and oxygen atoms in total. The predicted molar refractivity (Wildman–Crippen MR) is 87.3 cm³/mol. The fraction of sp³-hybridized carbons (Fsp3) is 0.941. The summed E-state index contributed by atoms with van der Waals surface area (Å²) in [6.07, 6.45) is 1.24. The number of aliphatic imine (C=N–C) groups is 1. The topological polar surface area (TPSA) is 18.8 Å². The Morgan fingerprint density at radius 2 is 1.70 bits per heavy atom. The van der Waals surface area contributed by atoms with Gasteiger partial charge in [0.05, 0.1) is 6.54 Å². The van der Waals surface area contributed by atoms with Crippen molar-refractivity contribution >= 4 is 5.84 Å². The van der Waals surface area contributed by atoms with E-state index < -0.39 is 0 Å². The van der Waals surface area contributed by atoms with Crippen molar-refractivity contribution in [3.05, 3.63) is 0 Å². The van der Waals surface area contributed by atoms with Crippen LogP contribution in [0.3, 0.4) is 0 Å². The number of hydrogen-bond acceptors (Lipinski definition) is 3. The normalized spacial score (nSPS) is 32.9. The van der Waals surface area contributed by atoms with Crippen molar-refractivity contribution in [1.29, 1.82) is 0 Å². The van der Waals surface area contributed by atoms with Crippen LogP contribution in [0.5, 0.6) is 0 Å². The molecule has 116 valence electrons. The maximum Gasteiger partial charge on any atom is 0.103 e. The first kappa shape index (κ1) is 15.8. The van der Waals surface area contributed by atoms with Crippen LogP contribution in [0, 0.1) is 11.3 Å². The Bertz CT molecular complexity index is 386. The molecule has 0 saturated carbocycles. The number of likely N-dealkylation sites (N-methyl/N-ethyl adjacent to an activating group) is 1. The van der Waals surface area contributed by atoms with Crippen molar-refractivity contribution in [3.63, 3.8) is 0 Å². The van der Waals surface area contributed by atoms with Crippen LogP contribution in [0.1, 0.15) is 54.9 Å². The van der Waals surface area contributed by atoms with E-state index in [1.807, 2.05) is 0 Å². The molecule has 0 unspecified atom stereocenters. The van der Waals surface area contributed by atoms with Crippen LogP contribution >= 0.6 is 0 Å². The average Bonchev–Trinajstić information content (AvgIpc) is 2.79. The van der Waals surface area contributed by atoms with Crippen LogP contribution < -0.4 is 0 Å². The molecule has 2 rings (SSSR count). The van der Waals surface area contributed by atoms with Gasteiger partial charge in [-0.3, -0.25) is 9.89 Å². The Morgan fingerprint density at radius 3 is 2.05 bits per heavy atom. The minimum Gasteiger partial charge on any atom is -0.361 e. The van der Waals surface area contributed by atoms with Crippen LogP contribution in [0.2, 0.25) is 0 Å². The van der Waals surface area contributed by atoms with Crippen LogP contribution in [0.4, 0.5) is 0 Å². The predicted octanol–water partition coefficient (Wildman–Crippen LogP) is 3.25. The molecule has 0 aromatic heterocycles. The molecule has 2 aliphatic heterocycles. The largest absolute Gasteiger partial charge is 0.361 e. The second kappa shape index (κ2) is 5.01. The summed E-state index contributed by atoms with van der Waals surface area (Å²) in [6, 6.07) is 1.19. The van der Waals surface area contributed by atoms with Gasteiger partial charge in [-0.25, -0.2) is 0 Å². The standard InChI is InChI=1S/C17H33N3/c1-12-13(15-18-9-10-19(15)8)11-14(16(2,3)4)20(12)17(5,6)7/h12-14H,9-11H2,1-8H3/t12-,13+,14+/m1/s1. The summed E-state index contributed by atoms with van der Waals surface area (Å²) in [4.78, 5) is 9.91. The summed E-state index contributed by atoms with van der Waals surface area (Å²) in [6.45, 7) is 18.7. The maximum atomic E-state index is 4.80. The van der Waals surface area contributed by atoms with Gasteiger partial charge in [-0.2, -0.15) is 0 Å². The molecule has 3 heteroatoms. The molecule has 0 radical (unpaired) electrons. The van der Waals surface area contributed by atoms with Crippen molar-refractivity contribution in [2.24, 2.45) is 16.3 Å². The Balaban J connectivity index is 2.32. The van der Waals surface area contributed by atoms with Gasteiger partial charge in [-0.1, -0.05) is 20.8 Å². The van der Waals surface area contributed by atoms with Gasteiger partial charge < -0.3 is 4.90 Å². The lowest BCUT2D eigenvalue weighted by atomic mass is 9.82. The van der Waals surface area contributed by atoms with E-state index >= 15 is 0 Å². The molecule has 2 heterocycles. The number of amidine groups is 1. The van der Waals surface area contributed by atoms with Gasteiger partial charge in [0.2, 0.25) is 0 Å². The molecule has 0 aromatic carbocycles. The zero-order valence-electron chi connectivity index (χ0n) is 14.7. The first-order valence-electron chi connectivity index (χ1n) is 8.07. The molecule has 0 aliphatic carbocycles. The molecule has 20 heavy (non-hydrogen) atoms. The molecule has 2 aliphatic rings. The van der Waals surface area contributed by atoms with Crippen LogP contribution in [-0.4, -0.2) is 53.4 Å². The third-order valence-corrected chi connectivity index (χ3v) is 5.04. The van der Waals surface area contributed by atoms with E-state index in [1.165, 1.54) is 12.3 Å². The maximum absolute atomic E-state index is 4.80. The van der Waals surface area contributed by atoms with E-state index in [4.69, 9.17) is 4.99 Å². The van der Waals surface area contributed by atoms with Crippen molar-refractivity contribution in [3.8, 4) is 0 Å². The van der Waals surface area contributed by atoms with Crippen molar-refractivity contribution in [1.82, 2.24) is 9.80 Å². The summed E-state index contributed by atoms with van der Waals surface area (Å²) >= 11 is 0. The molecule has 0 spiro atoms. The first-order chi connectivity index (χ1) is 9.03. The molecule has 1 saturated heterocycles. The van der Waals surface area contributed by atoms with Crippen molar-refractivity contribution in [2.75, 3.05) is 20.1 Å². The Hall–Kier alpha value is -0.570. The minimum atomic E-state index is 0.212. The molecular formula is C17H33N3. The lowest BCUT2D eigenvalue weighted by Crippen LogP contribution is -2.53. The summed E-state index contributed by atoms with van der Waals surface area (Å²) in [5.41, 5.74) is 0.526. The fourth-order valence-electron chi connectivity index (χ4n) is 4.15. The number of rotatable bonds is 1. The highest BCUT2D eigenvalue weighted by molar-refractivity contribution is 5.86. The van der Waals surface area contributed by atoms with Crippen LogP contribution in [0.25, 0.3) is 0 Å². The number of likely N-dealkylation sites (tertiary alicyclic amines) is 1. The summed E-state index contributed by atoms with van der Waals surface area (Å²) < 4.78 is 0. The van der Waals surface area contributed by atoms with Gasteiger partial charge in [0.15, 0.2) is 0 Å². The van der Waals surface area contributed by atoms with E-state index in [0.29, 0.717) is 23.4 Å². The summed E-state index contributed by atoms with van der Waals surface area (Å²) in [7, 11) is 2.20. The second-order valence-corrected chi connectivity index (χ2v) is 8.70. The average molecular weight is 279 g/mol. The van der Waals surface area contributed by atoms with Crippen molar-refractivity contribution in [2.45, 2.75) is 72.5 Å². The monoisotopic (exact) mass is 279 g/mol. The molecule has 0 bridgehead atoms. The Labute approximate surface area is 125 Å². The summed E-state index contributed by atoms with van der Waals surface area (Å²) in [5.74, 6) is 1.93. The fourth-order valence-corrected chi connectivity index (χ4v) is 4.15. The molecule has 0 amide bonds. The highest BCUT2D eigenvalue weighted by Gasteiger charge is 2.50. The zero-order valence-corrected chi connectivity index (χ0v) is 14.7. The third kappa shape index (κ3) is 2.74. The molecule has 0 N–H and O–H groups in total. The van der Waals surface area contributed by atoms with E-state index in [1.54, 1.807) is 0 Å². The van der Waals surface area contributed by atoms with Gasteiger partial charge in [-0.05, 0) is 39.5 Å². The molecule has 1 fully saturated rings. The van der Waals surface area contributed by atoms with Crippen molar-refractivity contribution < 1.29 is 0 Å². The quantitative estimate of drug-likeness (QED) is 0.734. The smallest absolute Gasteiger partial charge is 0.103 e. The lowest BCUT2D eigenvalue weighted by Gasteiger charge is -2.45. The van der Waals surface area contributed by atoms with Gasteiger partial charge >= 0.3 is 0 Å². The summed E-state index contributed by atoms with van der Waals surface area (Å²) in [5, 5.41) is 0. The third-order valence-electron chi connectivity index (χ3n) is 5.04. The van der Waals surface area contributed by atoms with E-state index in [0.717, 1.165) is 13.1 Å². The highest BCUT2D eigenvalue weighted by Crippen LogP contribution is 2.44.